The Morgan fingerprint density at radius 1 is 1.10 bits per heavy atom. The fourth-order valence-corrected chi connectivity index (χ4v) is 3.23. The third-order valence-corrected chi connectivity index (χ3v) is 4.77. The van der Waals surface area contributed by atoms with E-state index in [1.165, 1.54) is 0 Å². The van der Waals surface area contributed by atoms with Crippen LogP contribution in [-0.2, 0) is 11.3 Å². The van der Waals surface area contributed by atoms with E-state index in [1.54, 1.807) is 37.1 Å². The fraction of sp³-hybridized carbons (Fsp3) is 0.304. The molecule has 2 aromatic heterocycles. The molecule has 1 N–H and O–H groups in total. The van der Waals surface area contributed by atoms with Crippen molar-refractivity contribution in [2.45, 2.75) is 39.8 Å². The van der Waals surface area contributed by atoms with Crippen LogP contribution in [0.2, 0.25) is 0 Å². The maximum Gasteiger partial charge on any atom is 0.257 e. The molecule has 0 aliphatic rings. The molecule has 0 unspecified atom stereocenters. The molecule has 0 saturated carbocycles. The Bertz CT molecular complexity index is 945. The summed E-state index contributed by atoms with van der Waals surface area (Å²) in [6.45, 7) is 6.07. The third kappa shape index (κ3) is 5.38. The number of carbonyl (C=O) groups is 2. The predicted octanol–water partition coefficient (Wildman–Crippen LogP) is 4.40. The number of hydrogen-bond acceptors (Lipinski definition) is 4. The largest absolute Gasteiger partial charge is 0.467 e. The number of carbonyl (C=O) groups excluding carboxylic acids is 2. The van der Waals surface area contributed by atoms with Crippen LogP contribution in [0.5, 0.6) is 0 Å². The predicted molar refractivity (Wildman–Crippen MR) is 109 cm³/mol. The van der Waals surface area contributed by atoms with E-state index < -0.39 is 0 Å². The lowest BCUT2D eigenvalue weighted by Crippen LogP contribution is -2.35. The average Bonchev–Trinajstić information content (AvgIpc) is 3.34. The highest BCUT2D eigenvalue weighted by molar-refractivity contribution is 5.95. The van der Waals surface area contributed by atoms with Crippen molar-refractivity contribution in [3.8, 4) is 0 Å². The molecule has 0 aliphatic heterocycles. The first kappa shape index (κ1) is 20.5. The van der Waals surface area contributed by atoms with Gasteiger partial charge >= 0.3 is 0 Å². The van der Waals surface area contributed by atoms with Crippen molar-refractivity contribution in [1.82, 2.24) is 10.2 Å². The first-order valence-electron chi connectivity index (χ1n) is 9.67. The second kappa shape index (κ2) is 9.28. The Balaban J connectivity index is 1.66. The van der Waals surface area contributed by atoms with E-state index in [4.69, 9.17) is 8.83 Å². The molecule has 0 spiro atoms. The van der Waals surface area contributed by atoms with Crippen molar-refractivity contribution < 1.29 is 18.4 Å². The van der Waals surface area contributed by atoms with E-state index in [0.717, 1.165) is 5.56 Å². The zero-order valence-corrected chi connectivity index (χ0v) is 17.0. The Kier molecular flexibility index (Phi) is 6.54. The molecule has 0 aliphatic carbocycles. The highest BCUT2D eigenvalue weighted by atomic mass is 16.3. The summed E-state index contributed by atoms with van der Waals surface area (Å²) in [5.41, 5.74) is 1.54. The first-order valence-corrected chi connectivity index (χ1v) is 9.67. The number of aryl methyl sites for hydroxylation is 2. The van der Waals surface area contributed by atoms with Crippen molar-refractivity contribution in [1.29, 1.82) is 0 Å². The van der Waals surface area contributed by atoms with Crippen molar-refractivity contribution in [2.75, 3.05) is 6.54 Å². The van der Waals surface area contributed by atoms with Crippen LogP contribution in [0.3, 0.4) is 0 Å². The summed E-state index contributed by atoms with van der Waals surface area (Å²) in [6, 6.07) is 15.0. The van der Waals surface area contributed by atoms with E-state index in [9.17, 15) is 9.59 Å². The highest BCUT2D eigenvalue weighted by Gasteiger charge is 2.22. The molecule has 0 radical (unpaired) electrons. The van der Waals surface area contributed by atoms with Crippen molar-refractivity contribution >= 4 is 11.8 Å². The molecular formula is C23H26N2O4. The molecule has 152 valence electrons. The number of nitrogens with zero attached hydrogens (tertiary/aromatic N) is 1. The highest BCUT2D eigenvalue weighted by Crippen LogP contribution is 2.18. The van der Waals surface area contributed by atoms with Crippen molar-refractivity contribution in [3.63, 3.8) is 0 Å². The van der Waals surface area contributed by atoms with Gasteiger partial charge in [-0.1, -0.05) is 30.3 Å². The van der Waals surface area contributed by atoms with Gasteiger partial charge in [0.15, 0.2) is 0 Å². The molecule has 0 fully saturated rings. The number of furan rings is 2. The molecule has 6 nitrogen and oxygen atoms in total. The maximum absolute atomic E-state index is 13.1. The van der Waals surface area contributed by atoms with Gasteiger partial charge in [-0.15, -0.1) is 0 Å². The lowest BCUT2D eigenvalue weighted by molar-refractivity contribution is -0.122. The standard InChI is InChI=1S/C23H26N2O4/c1-16-14-21(18(3)29-16)23(27)25(15-20-10-7-13-28-20)12-11-22(26)24-17(2)19-8-5-4-6-9-19/h4-10,13-14,17H,11-12,15H2,1-3H3,(H,24,26)/t17-/m1/s1. The topological polar surface area (TPSA) is 75.7 Å². The lowest BCUT2D eigenvalue weighted by Gasteiger charge is -2.22. The molecule has 0 bridgehead atoms. The molecule has 0 saturated heterocycles. The van der Waals surface area contributed by atoms with Crippen LogP contribution in [0, 0.1) is 13.8 Å². The van der Waals surface area contributed by atoms with E-state index in [1.807, 2.05) is 43.3 Å². The maximum atomic E-state index is 13.1. The van der Waals surface area contributed by atoms with E-state index in [-0.39, 0.29) is 37.4 Å². The first-order chi connectivity index (χ1) is 13.9. The molecule has 2 heterocycles. The van der Waals surface area contributed by atoms with Gasteiger partial charge in [0.1, 0.15) is 17.3 Å². The fourth-order valence-electron chi connectivity index (χ4n) is 3.23. The molecular weight excluding hydrogens is 368 g/mol. The number of amides is 2. The van der Waals surface area contributed by atoms with Crippen LogP contribution >= 0.6 is 0 Å². The van der Waals surface area contributed by atoms with E-state index in [2.05, 4.69) is 5.32 Å². The van der Waals surface area contributed by atoms with Gasteiger partial charge in [0.25, 0.3) is 5.91 Å². The van der Waals surface area contributed by atoms with Crippen molar-refractivity contribution in [2.24, 2.45) is 0 Å². The second-order valence-corrected chi connectivity index (χ2v) is 7.08. The minimum absolute atomic E-state index is 0.100. The molecule has 3 aromatic rings. The van der Waals surface area contributed by atoms with Crippen LogP contribution in [0.4, 0.5) is 0 Å². The van der Waals surface area contributed by atoms with E-state index in [0.29, 0.717) is 22.8 Å². The summed E-state index contributed by atoms with van der Waals surface area (Å²) < 4.78 is 10.9. The van der Waals surface area contributed by atoms with Crippen molar-refractivity contribution in [3.05, 3.63) is 83.2 Å². The van der Waals surface area contributed by atoms with E-state index >= 15 is 0 Å². The van der Waals surface area contributed by atoms with Crippen LogP contribution in [0.1, 0.15) is 52.6 Å². The molecule has 3 rings (SSSR count). The number of hydrogen-bond donors (Lipinski definition) is 1. The lowest BCUT2D eigenvalue weighted by atomic mass is 10.1. The number of rotatable bonds is 8. The summed E-state index contributed by atoms with van der Waals surface area (Å²) in [6.07, 6.45) is 1.76. The minimum Gasteiger partial charge on any atom is -0.467 e. The summed E-state index contributed by atoms with van der Waals surface area (Å²) >= 11 is 0. The Morgan fingerprint density at radius 2 is 1.86 bits per heavy atom. The minimum atomic E-state index is -0.181. The summed E-state index contributed by atoms with van der Waals surface area (Å²) in [7, 11) is 0. The normalized spacial score (nSPS) is 11.8. The number of nitrogens with one attached hydrogen (secondary N) is 1. The monoisotopic (exact) mass is 394 g/mol. The van der Waals surface area contributed by atoms with Gasteiger partial charge in [-0.25, -0.2) is 0 Å². The van der Waals surface area contributed by atoms with Gasteiger partial charge in [-0.3, -0.25) is 9.59 Å². The van der Waals surface area contributed by atoms with Gasteiger partial charge in [-0.2, -0.15) is 0 Å². The third-order valence-electron chi connectivity index (χ3n) is 4.77. The summed E-state index contributed by atoms with van der Waals surface area (Å²) in [5.74, 6) is 1.62. The van der Waals surface area contributed by atoms with Gasteiger partial charge in [0.2, 0.25) is 5.91 Å². The quantitative estimate of drug-likeness (QED) is 0.614. The molecule has 29 heavy (non-hydrogen) atoms. The molecule has 6 heteroatoms. The second-order valence-electron chi connectivity index (χ2n) is 7.08. The van der Waals surface area contributed by atoms with Crippen LogP contribution in [0.15, 0.2) is 63.6 Å². The van der Waals surface area contributed by atoms with Gasteiger partial charge in [-0.05, 0) is 44.5 Å². The summed E-state index contributed by atoms with van der Waals surface area (Å²) in [4.78, 5) is 27.1. The molecule has 2 amide bonds. The average molecular weight is 394 g/mol. The van der Waals surface area contributed by atoms with Gasteiger partial charge < -0.3 is 19.1 Å². The smallest absolute Gasteiger partial charge is 0.257 e. The van der Waals surface area contributed by atoms with Gasteiger partial charge in [0, 0.05) is 13.0 Å². The summed E-state index contributed by atoms with van der Waals surface area (Å²) in [5, 5.41) is 2.99. The molecule has 1 aromatic carbocycles. The van der Waals surface area contributed by atoms with Crippen LogP contribution in [0.25, 0.3) is 0 Å². The Morgan fingerprint density at radius 3 is 2.48 bits per heavy atom. The zero-order chi connectivity index (χ0) is 20.8. The SMILES string of the molecule is Cc1cc(C(=O)N(CCC(=O)N[C@H](C)c2ccccc2)Cc2ccco2)c(C)o1. The van der Waals surface area contributed by atoms with Gasteiger partial charge in [0.05, 0.1) is 24.4 Å². The van der Waals surface area contributed by atoms with Crippen LogP contribution < -0.4 is 5.32 Å². The zero-order valence-electron chi connectivity index (χ0n) is 17.0. The Labute approximate surface area is 170 Å². The van der Waals surface area contributed by atoms with Crippen LogP contribution in [-0.4, -0.2) is 23.3 Å². The number of benzene rings is 1. The molecule has 1 atom stereocenters. The Hall–Kier alpha value is -3.28.